The number of fused-ring (bicyclic) bond motifs is 1. The molecule has 6 nitrogen and oxygen atoms in total. The minimum Gasteiger partial charge on any atom is -0.386 e. The fourth-order valence-electron chi connectivity index (χ4n) is 3.94. The molecule has 0 unspecified atom stereocenters. The predicted octanol–water partition coefficient (Wildman–Crippen LogP) is 3.59. The fraction of sp³-hybridized carbons (Fsp3) is 0.348. The number of nitrogens with two attached hydrogens (primary N) is 1. The van der Waals surface area contributed by atoms with Gasteiger partial charge in [-0.1, -0.05) is 12.1 Å². The van der Waals surface area contributed by atoms with Crippen LogP contribution in [0.3, 0.4) is 0 Å². The van der Waals surface area contributed by atoms with E-state index in [2.05, 4.69) is 15.0 Å². The number of hydrogen-bond donors (Lipinski definition) is 1. The van der Waals surface area contributed by atoms with Gasteiger partial charge in [-0.05, 0) is 51.0 Å². The molecule has 0 radical (unpaired) electrons. The van der Waals surface area contributed by atoms with E-state index in [1.54, 1.807) is 31.3 Å². The van der Waals surface area contributed by atoms with Crippen LogP contribution >= 0.6 is 0 Å². The highest BCUT2D eigenvalue weighted by molar-refractivity contribution is 7.93. The maximum Gasteiger partial charge on any atom is 0.165 e. The third kappa shape index (κ3) is 3.54. The third-order valence-electron chi connectivity index (χ3n) is 6.10. The van der Waals surface area contributed by atoms with Gasteiger partial charge in [0, 0.05) is 23.6 Å². The van der Waals surface area contributed by atoms with E-state index in [-0.39, 0.29) is 23.6 Å². The molecule has 9 heteroatoms. The van der Waals surface area contributed by atoms with Crippen LogP contribution < -0.4 is 5.73 Å². The maximum atomic E-state index is 14.9. The second-order valence-corrected chi connectivity index (χ2v) is 11.5. The van der Waals surface area contributed by atoms with Crippen molar-refractivity contribution in [2.24, 2.45) is 10.7 Å². The Morgan fingerprint density at radius 1 is 1.06 bits per heavy atom. The molecule has 2 N–H and O–H groups in total. The van der Waals surface area contributed by atoms with Crippen molar-refractivity contribution >= 4 is 26.6 Å². The summed E-state index contributed by atoms with van der Waals surface area (Å²) in [6, 6.07) is 6.13. The van der Waals surface area contributed by atoms with E-state index in [1.165, 1.54) is 19.9 Å². The Morgan fingerprint density at radius 2 is 1.78 bits per heavy atom. The molecule has 0 aliphatic carbocycles. The summed E-state index contributed by atoms with van der Waals surface area (Å²) in [6.45, 7) is 6.37. The summed E-state index contributed by atoms with van der Waals surface area (Å²) < 4.78 is 53.5. The van der Waals surface area contributed by atoms with Gasteiger partial charge >= 0.3 is 0 Å². The number of pyridine rings is 2. The lowest BCUT2D eigenvalue weighted by atomic mass is 9.90. The van der Waals surface area contributed by atoms with Gasteiger partial charge < -0.3 is 5.73 Å². The van der Waals surface area contributed by atoms with Crippen molar-refractivity contribution in [3.63, 3.8) is 0 Å². The lowest BCUT2D eigenvalue weighted by Gasteiger charge is -2.38. The number of nitrogens with zero attached hydrogens (tertiary/aromatic N) is 3. The van der Waals surface area contributed by atoms with Crippen molar-refractivity contribution in [1.29, 1.82) is 0 Å². The molecule has 0 fully saturated rings. The quantitative estimate of drug-likeness (QED) is 0.647. The molecule has 1 aromatic carbocycles. The monoisotopic (exact) mass is 458 g/mol. The zero-order chi connectivity index (χ0) is 23.5. The first-order valence-corrected chi connectivity index (χ1v) is 11.8. The predicted molar refractivity (Wildman–Crippen MR) is 120 cm³/mol. The van der Waals surface area contributed by atoms with Gasteiger partial charge in [0.05, 0.1) is 23.2 Å². The summed E-state index contributed by atoms with van der Waals surface area (Å²) in [4.78, 5) is 12.9. The Morgan fingerprint density at radius 3 is 2.47 bits per heavy atom. The normalized spacial score (nSPS) is 22.0. The molecule has 0 amide bonds. The van der Waals surface area contributed by atoms with Gasteiger partial charge in [-0.3, -0.25) is 15.0 Å². The van der Waals surface area contributed by atoms with Gasteiger partial charge in [0.2, 0.25) is 0 Å². The zero-order valence-electron chi connectivity index (χ0n) is 18.3. The van der Waals surface area contributed by atoms with Crippen molar-refractivity contribution in [2.75, 3.05) is 5.75 Å². The highest BCUT2D eigenvalue weighted by atomic mass is 32.2. The van der Waals surface area contributed by atoms with Crippen molar-refractivity contribution in [1.82, 2.24) is 9.97 Å². The zero-order valence-corrected chi connectivity index (χ0v) is 19.1. The first-order valence-electron chi connectivity index (χ1n) is 10.1. The molecule has 3 heterocycles. The van der Waals surface area contributed by atoms with Gasteiger partial charge in [0.15, 0.2) is 15.7 Å². The molecule has 168 valence electrons. The SMILES string of the molecule is Cc1cnc2c(Cc3ccc(F)c([C@]4(C)CS(=O)(=O)C(C)(C)C(N)=N4)c3)ncc(F)c2c1. The summed E-state index contributed by atoms with van der Waals surface area (Å²) in [5, 5.41) is 0.363. The first-order chi connectivity index (χ1) is 14.8. The van der Waals surface area contributed by atoms with Crippen LogP contribution in [0, 0.1) is 18.6 Å². The summed E-state index contributed by atoms with van der Waals surface area (Å²) in [5.41, 5.74) is 7.21. The van der Waals surface area contributed by atoms with Crippen molar-refractivity contribution in [2.45, 2.75) is 44.4 Å². The van der Waals surface area contributed by atoms with E-state index in [0.717, 1.165) is 11.8 Å². The molecule has 32 heavy (non-hydrogen) atoms. The molecule has 0 bridgehead atoms. The molecule has 1 aliphatic heterocycles. The Hall–Kier alpha value is -2.94. The van der Waals surface area contributed by atoms with Crippen LogP contribution in [0.4, 0.5) is 8.78 Å². The summed E-state index contributed by atoms with van der Waals surface area (Å²) in [5.74, 6) is -1.46. The van der Waals surface area contributed by atoms with E-state index in [0.29, 0.717) is 22.2 Å². The molecule has 2 aromatic heterocycles. The molecular formula is C23H24F2N4O2S. The van der Waals surface area contributed by atoms with E-state index >= 15 is 0 Å². The number of hydrogen-bond acceptors (Lipinski definition) is 6. The van der Waals surface area contributed by atoms with Crippen LogP contribution in [0.2, 0.25) is 0 Å². The minimum absolute atomic E-state index is 0.0539. The largest absolute Gasteiger partial charge is 0.386 e. The standard InChI is InChI=1S/C23H24F2N4O2S/c1-13-7-15-18(25)11-27-19(20(15)28-10-13)9-14-5-6-17(24)16(8-14)23(4)12-32(30,31)22(2,3)21(26)29-23/h5-8,10-11H,9,12H2,1-4H3,(H2,26,29)/t23-/m0/s1. The van der Waals surface area contributed by atoms with E-state index in [4.69, 9.17) is 5.73 Å². The van der Waals surface area contributed by atoms with Gasteiger partial charge in [-0.15, -0.1) is 0 Å². The molecule has 1 atom stereocenters. The maximum absolute atomic E-state index is 14.9. The number of aliphatic imine (C=N–C) groups is 1. The Bertz CT molecular complexity index is 1390. The lowest BCUT2D eigenvalue weighted by molar-refractivity contribution is 0.475. The Labute approximate surface area is 185 Å². The van der Waals surface area contributed by atoms with E-state index < -0.39 is 31.8 Å². The van der Waals surface area contributed by atoms with E-state index in [9.17, 15) is 17.2 Å². The number of rotatable bonds is 3. The van der Waals surface area contributed by atoms with Crippen LogP contribution in [0.15, 0.2) is 41.7 Å². The van der Waals surface area contributed by atoms with Gasteiger partial charge in [-0.25, -0.2) is 17.2 Å². The lowest BCUT2D eigenvalue weighted by Crippen LogP contribution is -2.55. The highest BCUT2D eigenvalue weighted by Gasteiger charge is 2.49. The van der Waals surface area contributed by atoms with Crippen LogP contribution in [0.1, 0.15) is 43.2 Å². The highest BCUT2D eigenvalue weighted by Crippen LogP contribution is 2.38. The Balaban J connectivity index is 1.79. The van der Waals surface area contributed by atoms with Crippen molar-refractivity contribution < 1.29 is 17.2 Å². The number of halogens is 2. The van der Waals surface area contributed by atoms with Crippen LogP contribution in [0.5, 0.6) is 0 Å². The number of aromatic nitrogens is 2. The van der Waals surface area contributed by atoms with Crippen LogP contribution in [0.25, 0.3) is 10.9 Å². The number of amidine groups is 1. The second-order valence-electron chi connectivity index (χ2n) is 8.99. The minimum atomic E-state index is -3.68. The van der Waals surface area contributed by atoms with Crippen molar-refractivity contribution in [3.8, 4) is 0 Å². The summed E-state index contributed by atoms with van der Waals surface area (Å²) in [7, 11) is -3.68. The van der Waals surface area contributed by atoms with Gasteiger partial charge in [-0.2, -0.15) is 0 Å². The van der Waals surface area contributed by atoms with Gasteiger partial charge in [0.1, 0.15) is 21.9 Å². The molecule has 0 saturated heterocycles. The Kier molecular flexibility index (Phi) is 5.08. The molecule has 4 rings (SSSR count). The molecule has 1 aliphatic rings. The summed E-state index contributed by atoms with van der Waals surface area (Å²) in [6.07, 6.45) is 3.04. The number of benzene rings is 1. The number of sulfone groups is 1. The first kappa shape index (κ1) is 22.3. The smallest absolute Gasteiger partial charge is 0.165 e. The van der Waals surface area contributed by atoms with Gasteiger partial charge in [0.25, 0.3) is 0 Å². The topological polar surface area (TPSA) is 98.3 Å². The third-order valence-corrected chi connectivity index (χ3v) is 8.81. The number of aryl methyl sites for hydroxylation is 1. The summed E-state index contributed by atoms with van der Waals surface area (Å²) >= 11 is 0. The molecule has 3 aromatic rings. The van der Waals surface area contributed by atoms with Crippen LogP contribution in [-0.4, -0.2) is 34.7 Å². The van der Waals surface area contributed by atoms with Crippen LogP contribution in [-0.2, 0) is 21.8 Å². The average molecular weight is 459 g/mol. The molecule has 0 saturated carbocycles. The van der Waals surface area contributed by atoms with Crippen molar-refractivity contribution in [3.05, 3.63) is 70.7 Å². The average Bonchev–Trinajstić information content (AvgIpc) is 2.70. The molecule has 0 spiro atoms. The fourth-order valence-corrected chi connectivity index (χ4v) is 5.63. The molecular weight excluding hydrogens is 434 g/mol. The second kappa shape index (κ2) is 7.30. The van der Waals surface area contributed by atoms with E-state index in [1.807, 2.05) is 6.92 Å².